The molecule has 8 nitrogen and oxygen atoms in total. The largest absolute Gasteiger partial charge is 0.497 e. The quantitative estimate of drug-likeness (QED) is 0.405. The first kappa shape index (κ1) is 22.4. The summed E-state index contributed by atoms with van der Waals surface area (Å²) in [6, 6.07) is 17.9. The summed E-state index contributed by atoms with van der Waals surface area (Å²) in [5.41, 5.74) is 2.31. The summed E-state index contributed by atoms with van der Waals surface area (Å²) in [6.07, 6.45) is 1.05. The van der Waals surface area contributed by atoms with Crippen molar-refractivity contribution in [1.29, 1.82) is 0 Å². The summed E-state index contributed by atoms with van der Waals surface area (Å²) in [5, 5.41) is 7.81. The van der Waals surface area contributed by atoms with Crippen LogP contribution in [0.5, 0.6) is 11.5 Å². The zero-order valence-electron chi connectivity index (χ0n) is 19.1. The first-order valence-corrected chi connectivity index (χ1v) is 11.1. The molecule has 1 unspecified atom stereocenters. The topological polar surface area (TPSA) is 85.7 Å². The maximum atomic E-state index is 13.3. The summed E-state index contributed by atoms with van der Waals surface area (Å²) in [4.78, 5) is 25.9. The van der Waals surface area contributed by atoms with Gasteiger partial charge >= 0.3 is 6.03 Å². The van der Waals surface area contributed by atoms with Crippen molar-refractivity contribution in [3.63, 3.8) is 0 Å². The van der Waals surface area contributed by atoms with E-state index in [1.54, 1.807) is 43.1 Å². The fourth-order valence-electron chi connectivity index (χ4n) is 4.26. The molecule has 1 aliphatic heterocycles. The van der Waals surface area contributed by atoms with Gasteiger partial charge in [0.2, 0.25) is 5.91 Å². The van der Waals surface area contributed by atoms with Gasteiger partial charge in [-0.2, -0.15) is 5.10 Å². The number of ether oxygens (including phenoxy) is 2. The van der Waals surface area contributed by atoms with E-state index in [0.717, 1.165) is 22.2 Å². The third-order valence-electron chi connectivity index (χ3n) is 6.02. The zero-order valence-corrected chi connectivity index (χ0v) is 19.1. The van der Waals surface area contributed by atoms with Crippen molar-refractivity contribution >= 4 is 22.8 Å². The van der Waals surface area contributed by atoms with Gasteiger partial charge in [-0.05, 0) is 67.1 Å². The van der Waals surface area contributed by atoms with Crippen molar-refractivity contribution in [2.24, 2.45) is 0 Å². The van der Waals surface area contributed by atoms with Crippen molar-refractivity contribution in [3.05, 3.63) is 84.3 Å². The lowest BCUT2D eigenvalue weighted by atomic mass is 10.0. The Morgan fingerprint density at radius 3 is 2.54 bits per heavy atom. The molecule has 35 heavy (non-hydrogen) atoms. The van der Waals surface area contributed by atoms with Crippen LogP contribution in [0, 0.1) is 5.82 Å². The van der Waals surface area contributed by atoms with Crippen LogP contribution in [-0.2, 0) is 4.79 Å². The molecule has 1 aliphatic rings. The SMILES string of the molecule is COc1cccc([C@@H](Oc2ccc3c(cnn3-c3ccc(F)cc3)c2)C(C)N2C(=O)CNC2=O)c1. The third-order valence-corrected chi connectivity index (χ3v) is 6.02. The van der Waals surface area contributed by atoms with Crippen LogP contribution >= 0.6 is 0 Å². The smallest absolute Gasteiger partial charge is 0.324 e. The Labute approximate surface area is 200 Å². The monoisotopic (exact) mass is 474 g/mol. The second-order valence-corrected chi connectivity index (χ2v) is 8.23. The predicted octanol–water partition coefficient (Wildman–Crippen LogP) is 4.23. The fourth-order valence-corrected chi connectivity index (χ4v) is 4.26. The molecule has 1 N–H and O–H groups in total. The van der Waals surface area contributed by atoms with Gasteiger partial charge in [0, 0.05) is 5.39 Å². The molecule has 1 aromatic heterocycles. The van der Waals surface area contributed by atoms with E-state index in [-0.39, 0.29) is 18.3 Å². The highest BCUT2D eigenvalue weighted by molar-refractivity contribution is 6.02. The number of fused-ring (bicyclic) bond motifs is 1. The van der Waals surface area contributed by atoms with Gasteiger partial charge in [-0.3, -0.25) is 9.69 Å². The molecular weight excluding hydrogens is 451 g/mol. The number of nitrogens with one attached hydrogen (secondary N) is 1. The van der Waals surface area contributed by atoms with Crippen molar-refractivity contribution in [1.82, 2.24) is 20.0 Å². The molecule has 0 aliphatic carbocycles. The number of benzene rings is 3. The molecule has 0 spiro atoms. The van der Waals surface area contributed by atoms with Crippen molar-refractivity contribution in [3.8, 4) is 17.2 Å². The van der Waals surface area contributed by atoms with E-state index in [2.05, 4.69) is 10.4 Å². The molecule has 1 fully saturated rings. The molecule has 178 valence electrons. The molecule has 0 bridgehead atoms. The fraction of sp³-hybridized carbons (Fsp3) is 0.192. The minimum absolute atomic E-state index is 0.0392. The lowest BCUT2D eigenvalue weighted by molar-refractivity contribution is -0.127. The molecule has 3 aromatic carbocycles. The van der Waals surface area contributed by atoms with E-state index in [1.807, 2.05) is 36.4 Å². The van der Waals surface area contributed by atoms with Gasteiger partial charge in [-0.1, -0.05) is 12.1 Å². The molecule has 0 radical (unpaired) electrons. The number of hydrogen-bond acceptors (Lipinski definition) is 5. The van der Waals surface area contributed by atoms with Crippen LogP contribution in [0.25, 0.3) is 16.6 Å². The van der Waals surface area contributed by atoms with Crippen LogP contribution in [0.4, 0.5) is 9.18 Å². The van der Waals surface area contributed by atoms with Crippen LogP contribution < -0.4 is 14.8 Å². The van der Waals surface area contributed by atoms with Crippen LogP contribution in [-0.4, -0.2) is 46.3 Å². The maximum absolute atomic E-state index is 13.3. The number of amides is 3. The summed E-state index contributed by atoms with van der Waals surface area (Å²) in [5.74, 6) is 0.554. The number of urea groups is 1. The molecule has 0 saturated carbocycles. The van der Waals surface area contributed by atoms with E-state index in [4.69, 9.17) is 9.47 Å². The minimum Gasteiger partial charge on any atom is -0.497 e. The number of halogens is 1. The average Bonchev–Trinajstić information content (AvgIpc) is 3.44. The number of methoxy groups -OCH3 is 1. The van der Waals surface area contributed by atoms with Gasteiger partial charge in [0.15, 0.2) is 0 Å². The highest BCUT2D eigenvalue weighted by Gasteiger charge is 2.38. The Bertz CT molecular complexity index is 1390. The molecule has 2 heterocycles. The van der Waals surface area contributed by atoms with Crippen LogP contribution in [0.1, 0.15) is 18.6 Å². The van der Waals surface area contributed by atoms with Crippen LogP contribution in [0.15, 0.2) is 72.9 Å². The van der Waals surface area contributed by atoms with Gasteiger partial charge < -0.3 is 14.8 Å². The summed E-state index contributed by atoms with van der Waals surface area (Å²) in [7, 11) is 1.57. The standard InChI is InChI=1S/C26H23FN4O4/c1-16(30-24(32)15-28-26(30)33)25(17-4-3-5-21(12-17)34-2)35-22-10-11-23-18(13-22)14-29-31(23)20-8-6-19(27)7-9-20/h3-14,16,25H,15H2,1-2H3,(H,28,33)/t16?,25-/m0/s1. The number of aromatic nitrogens is 2. The number of rotatable bonds is 7. The van der Waals surface area contributed by atoms with Crippen molar-refractivity contribution < 1.29 is 23.5 Å². The van der Waals surface area contributed by atoms with E-state index in [9.17, 15) is 14.0 Å². The van der Waals surface area contributed by atoms with Gasteiger partial charge in [0.1, 0.15) is 23.4 Å². The highest BCUT2D eigenvalue weighted by atomic mass is 19.1. The van der Waals surface area contributed by atoms with E-state index in [0.29, 0.717) is 11.5 Å². The molecule has 3 amide bonds. The van der Waals surface area contributed by atoms with Crippen molar-refractivity contribution in [2.45, 2.75) is 19.1 Å². The van der Waals surface area contributed by atoms with E-state index < -0.39 is 18.2 Å². The number of hydrogen-bond donors (Lipinski definition) is 1. The van der Waals surface area contributed by atoms with Crippen molar-refractivity contribution in [2.75, 3.05) is 13.7 Å². The first-order chi connectivity index (χ1) is 16.9. The number of nitrogens with zero attached hydrogens (tertiary/aromatic N) is 3. The van der Waals surface area contributed by atoms with Gasteiger partial charge in [0.05, 0.1) is 37.1 Å². The third kappa shape index (κ3) is 4.28. The number of carbonyl (C=O) groups excluding carboxylic acids is 2. The second-order valence-electron chi connectivity index (χ2n) is 8.23. The van der Waals surface area contributed by atoms with Crippen LogP contribution in [0.2, 0.25) is 0 Å². The zero-order chi connectivity index (χ0) is 24.5. The van der Waals surface area contributed by atoms with Crippen LogP contribution in [0.3, 0.4) is 0 Å². The van der Waals surface area contributed by atoms with Gasteiger partial charge in [-0.15, -0.1) is 0 Å². The lowest BCUT2D eigenvalue weighted by Crippen LogP contribution is -2.43. The van der Waals surface area contributed by atoms with E-state index >= 15 is 0 Å². The predicted molar refractivity (Wildman–Crippen MR) is 127 cm³/mol. The molecule has 2 atom stereocenters. The Morgan fingerprint density at radius 1 is 1.03 bits per heavy atom. The number of carbonyl (C=O) groups is 2. The van der Waals surface area contributed by atoms with Gasteiger partial charge in [0.25, 0.3) is 0 Å². The van der Waals surface area contributed by atoms with Gasteiger partial charge in [-0.25, -0.2) is 13.9 Å². The Morgan fingerprint density at radius 2 is 1.83 bits per heavy atom. The molecule has 1 saturated heterocycles. The summed E-state index contributed by atoms with van der Waals surface area (Å²) in [6.45, 7) is 1.74. The lowest BCUT2D eigenvalue weighted by Gasteiger charge is -2.30. The normalized spacial score (nSPS) is 15.2. The summed E-state index contributed by atoms with van der Waals surface area (Å²) >= 11 is 0. The first-order valence-electron chi connectivity index (χ1n) is 11.1. The minimum atomic E-state index is -0.650. The Hall–Kier alpha value is -4.40. The Balaban J connectivity index is 1.49. The van der Waals surface area contributed by atoms with E-state index in [1.165, 1.54) is 17.0 Å². The molecule has 4 aromatic rings. The molecular formula is C26H23FN4O4. The Kier molecular flexibility index (Phi) is 5.82. The highest BCUT2D eigenvalue weighted by Crippen LogP contribution is 2.32. The average molecular weight is 474 g/mol. The maximum Gasteiger partial charge on any atom is 0.324 e. The molecule has 5 rings (SSSR count). The molecule has 9 heteroatoms. The summed E-state index contributed by atoms with van der Waals surface area (Å²) < 4.78 is 26.8. The number of imide groups is 1. The second kappa shape index (κ2) is 9.09.